The number of aromatic nitrogens is 3. The fraction of sp³-hybridized carbons (Fsp3) is 0.333. The number of amides is 1. The molecule has 2 heterocycles. The van der Waals surface area contributed by atoms with E-state index in [2.05, 4.69) is 20.3 Å². The molecule has 3 aromatic rings. The van der Waals surface area contributed by atoms with Crippen molar-refractivity contribution in [3.8, 4) is 28.5 Å². The number of carbonyl (C=O) groups is 1. The molecular weight excluding hydrogens is 463 g/mol. The molecule has 8 nitrogen and oxygen atoms in total. The van der Waals surface area contributed by atoms with Crippen molar-refractivity contribution in [2.75, 3.05) is 19.8 Å². The zero-order valence-electron chi connectivity index (χ0n) is 19.2. The molecule has 0 spiro atoms. The van der Waals surface area contributed by atoms with Crippen LogP contribution < -0.4 is 15.6 Å². The Morgan fingerprint density at radius 3 is 2.71 bits per heavy atom. The maximum absolute atomic E-state index is 14.8. The SMILES string of the molecule is CCOCCOc1ccc(-c2cc(=O)[nH]c(-c3c(F)ccc(CNC(=O)C(C)C)c3Cl)n2)cn1. The standard InChI is InChI=1S/C24H26ClFN4O4/c1-4-33-9-10-34-20-8-6-15(12-27-20)18-11-19(31)30-23(29-18)21-17(26)7-5-16(22(21)25)13-28-24(32)14(2)3/h5-8,11-12,14H,4,9-10,13H2,1-3H3,(H,28,32)(H,29,30,31). The molecule has 2 aromatic heterocycles. The van der Waals surface area contributed by atoms with Crippen LogP contribution in [0.4, 0.5) is 4.39 Å². The number of carbonyl (C=O) groups excluding carboxylic acids is 1. The Morgan fingerprint density at radius 2 is 2.03 bits per heavy atom. The summed E-state index contributed by atoms with van der Waals surface area (Å²) in [6, 6.07) is 7.34. The Hall–Kier alpha value is -3.30. The topological polar surface area (TPSA) is 106 Å². The highest BCUT2D eigenvalue weighted by Gasteiger charge is 2.18. The van der Waals surface area contributed by atoms with Crippen LogP contribution in [-0.2, 0) is 16.1 Å². The highest BCUT2D eigenvalue weighted by Crippen LogP contribution is 2.32. The fourth-order valence-corrected chi connectivity index (χ4v) is 3.34. The van der Waals surface area contributed by atoms with Gasteiger partial charge in [-0.3, -0.25) is 9.59 Å². The van der Waals surface area contributed by atoms with Gasteiger partial charge in [-0.2, -0.15) is 0 Å². The quantitative estimate of drug-likeness (QED) is 0.418. The predicted octanol–water partition coefficient (Wildman–Crippen LogP) is 3.98. The Balaban J connectivity index is 1.88. The molecule has 0 aliphatic carbocycles. The van der Waals surface area contributed by atoms with E-state index >= 15 is 0 Å². The number of pyridine rings is 1. The lowest BCUT2D eigenvalue weighted by Gasteiger charge is -2.13. The number of aromatic amines is 1. The third kappa shape index (κ3) is 6.39. The number of nitrogens with one attached hydrogen (secondary N) is 2. The lowest BCUT2D eigenvalue weighted by Crippen LogP contribution is -2.27. The van der Waals surface area contributed by atoms with Crippen LogP contribution in [-0.4, -0.2) is 40.7 Å². The van der Waals surface area contributed by atoms with E-state index in [4.69, 9.17) is 21.1 Å². The van der Waals surface area contributed by atoms with Gasteiger partial charge in [-0.15, -0.1) is 0 Å². The molecule has 0 fully saturated rings. The zero-order valence-corrected chi connectivity index (χ0v) is 19.9. The molecule has 0 saturated carbocycles. The van der Waals surface area contributed by atoms with Crippen molar-refractivity contribution < 1.29 is 18.7 Å². The van der Waals surface area contributed by atoms with E-state index in [1.54, 1.807) is 26.0 Å². The number of halogens is 2. The largest absolute Gasteiger partial charge is 0.475 e. The first-order valence-corrected chi connectivity index (χ1v) is 11.2. The van der Waals surface area contributed by atoms with E-state index in [0.29, 0.717) is 42.5 Å². The minimum absolute atomic E-state index is 0.0286. The van der Waals surface area contributed by atoms with Crippen LogP contribution in [0.25, 0.3) is 22.6 Å². The Labute approximate surface area is 201 Å². The molecular formula is C24H26ClFN4O4. The summed E-state index contributed by atoms with van der Waals surface area (Å²) in [6.45, 7) is 6.96. The van der Waals surface area contributed by atoms with Crippen molar-refractivity contribution in [2.24, 2.45) is 5.92 Å². The summed E-state index contributed by atoms with van der Waals surface area (Å²) in [4.78, 5) is 35.4. The lowest BCUT2D eigenvalue weighted by molar-refractivity contribution is -0.124. The van der Waals surface area contributed by atoms with Crippen LogP contribution in [0, 0.1) is 11.7 Å². The molecule has 0 radical (unpaired) electrons. The van der Waals surface area contributed by atoms with Gasteiger partial charge in [0.25, 0.3) is 5.56 Å². The highest BCUT2D eigenvalue weighted by atomic mass is 35.5. The maximum Gasteiger partial charge on any atom is 0.251 e. The van der Waals surface area contributed by atoms with E-state index in [9.17, 15) is 14.0 Å². The first-order chi connectivity index (χ1) is 16.3. The first kappa shape index (κ1) is 25.3. The second-order valence-electron chi connectivity index (χ2n) is 7.68. The Morgan fingerprint density at radius 1 is 1.24 bits per heavy atom. The van der Waals surface area contributed by atoms with Gasteiger partial charge < -0.3 is 19.8 Å². The van der Waals surface area contributed by atoms with Gasteiger partial charge in [-0.05, 0) is 24.6 Å². The van der Waals surface area contributed by atoms with Crippen LogP contribution >= 0.6 is 11.6 Å². The van der Waals surface area contributed by atoms with Crippen LogP contribution in [0.1, 0.15) is 26.3 Å². The van der Waals surface area contributed by atoms with Crippen LogP contribution in [0.5, 0.6) is 5.88 Å². The van der Waals surface area contributed by atoms with Crippen LogP contribution in [0.3, 0.4) is 0 Å². The normalized spacial score (nSPS) is 11.0. The summed E-state index contributed by atoms with van der Waals surface area (Å²) in [7, 11) is 0. The van der Waals surface area contributed by atoms with Crippen LogP contribution in [0.15, 0.2) is 41.3 Å². The fourth-order valence-electron chi connectivity index (χ4n) is 3.03. The minimum atomic E-state index is -0.652. The van der Waals surface area contributed by atoms with Gasteiger partial charge in [-0.25, -0.2) is 14.4 Å². The molecule has 10 heteroatoms. The molecule has 180 valence electrons. The van der Waals surface area contributed by atoms with Gasteiger partial charge >= 0.3 is 0 Å². The molecule has 0 aliphatic heterocycles. The number of nitrogens with zero attached hydrogens (tertiary/aromatic N) is 2. The minimum Gasteiger partial charge on any atom is -0.475 e. The number of hydrogen-bond acceptors (Lipinski definition) is 6. The molecule has 0 bridgehead atoms. The summed E-state index contributed by atoms with van der Waals surface area (Å²) in [6.07, 6.45) is 1.51. The molecule has 2 N–H and O–H groups in total. The summed E-state index contributed by atoms with van der Waals surface area (Å²) < 4.78 is 25.5. The second kappa shape index (κ2) is 11.7. The van der Waals surface area contributed by atoms with Gasteiger partial charge in [0.2, 0.25) is 11.8 Å². The molecule has 0 unspecified atom stereocenters. The number of hydrogen-bond donors (Lipinski definition) is 2. The molecule has 34 heavy (non-hydrogen) atoms. The highest BCUT2D eigenvalue weighted by molar-refractivity contribution is 6.34. The summed E-state index contributed by atoms with van der Waals surface area (Å²) in [5.74, 6) is -0.644. The van der Waals surface area contributed by atoms with Crippen LogP contribution in [0.2, 0.25) is 5.02 Å². The van der Waals surface area contributed by atoms with E-state index in [-0.39, 0.29) is 34.8 Å². The van der Waals surface area contributed by atoms with E-state index < -0.39 is 11.4 Å². The van der Waals surface area contributed by atoms with Crippen molar-refractivity contribution in [1.82, 2.24) is 20.3 Å². The summed E-state index contributed by atoms with van der Waals surface area (Å²) in [5.41, 5.74) is 0.796. The second-order valence-corrected chi connectivity index (χ2v) is 8.06. The van der Waals surface area contributed by atoms with Crippen molar-refractivity contribution in [2.45, 2.75) is 27.3 Å². The summed E-state index contributed by atoms with van der Waals surface area (Å²) >= 11 is 6.46. The third-order valence-corrected chi connectivity index (χ3v) is 5.27. The average molecular weight is 489 g/mol. The molecule has 0 atom stereocenters. The Kier molecular flexibility index (Phi) is 8.72. The van der Waals surface area contributed by atoms with E-state index in [0.717, 1.165) is 0 Å². The number of benzene rings is 1. The van der Waals surface area contributed by atoms with Gasteiger partial charge in [0.05, 0.1) is 22.9 Å². The number of rotatable bonds is 10. The average Bonchev–Trinajstić information content (AvgIpc) is 2.81. The third-order valence-electron chi connectivity index (χ3n) is 4.84. The molecule has 3 rings (SSSR count). The van der Waals surface area contributed by atoms with E-state index in [1.165, 1.54) is 24.4 Å². The molecule has 0 saturated heterocycles. The number of H-pyrrole nitrogens is 1. The van der Waals surface area contributed by atoms with Crippen molar-refractivity contribution >= 4 is 17.5 Å². The Bertz CT molecular complexity index is 1200. The van der Waals surface area contributed by atoms with Gasteiger partial charge in [0, 0.05) is 43.0 Å². The van der Waals surface area contributed by atoms with Crippen molar-refractivity contribution in [3.05, 3.63) is 63.3 Å². The van der Waals surface area contributed by atoms with Crippen molar-refractivity contribution in [1.29, 1.82) is 0 Å². The smallest absolute Gasteiger partial charge is 0.251 e. The molecule has 1 amide bonds. The molecule has 0 aliphatic rings. The van der Waals surface area contributed by atoms with Crippen molar-refractivity contribution in [3.63, 3.8) is 0 Å². The molecule has 1 aromatic carbocycles. The summed E-state index contributed by atoms with van der Waals surface area (Å²) in [5, 5.41) is 2.80. The number of ether oxygens (including phenoxy) is 2. The first-order valence-electron chi connectivity index (χ1n) is 10.8. The predicted molar refractivity (Wildman–Crippen MR) is 127 cm³/mol. The zero-order chi connectivity index (χ0) is 24.7. The maximum atomic E-state index is 14.8. The van der Waals surface area contributed by atoms with Gasteiger partial charge in [0.1, 0.15) is 18.2 Å². The van der Waals surface area contributed by atoms with Gasteiger partial charge in [0.15, 0.2) is 0 Å². The van der Waals surface area contributed by atoms with Gasteiger partial charge in [-0.1, -0.05) is 31.5 Å². The lowest BCUT2D eigenvalue weighted by atomic mass is 10.1. The van der Waals surface area contributed by atoms with E-state index in [1.807, 2.05) is 6.92 Å². The monoisotopic (exact) mass is 488 g/mol.